The lowest BCUT2D eigenvalue weighted by Crippen LogP contribution is -2.40. The molecule has 0 spiro atoms. The molecule has 1 aliphatic rings. The molecule has 1 aromatic rings. The minimum atomic E-state index is -0.309. The van der Waals surface area contributed by atoms with Gasteiger partial charge in [0, 0.05) is 23.1 Å². The van der Waals surface area contributed by atoms with Crippen LogP contribution in [-0.2, 0) is 0 Å². The number of halogens is 1. The number of benzene rings is 1. The summed E-state index contributed by atoms with van der Waals surface area (Å²) in [4.78, 5) is 13.1. The van der Waals surface area contributed by atoms with Crippen molar-refractivity contribution in [1.82, 2.24) is 0 Å². The van der Waals surface area contributed by atoms with E-state index in [4.69, 9.17) is 5.73 Å². The number of nitro groups is 1. The van der Waals surface area contributed by atoms with Crippen LogP contribution < -0.4 is 10.6 Å². The van der Waals surface area contributed by atoms with Crippen LogP contribution in [0, 0.1) is 16.0 Å². The third-order valence-corrected chi connectivity index (χ3v) is 4.60. The molecule has 0 radical (unpaired) electrons. The molecule has 2 unspecified atom stereocenters. The van der Waals surface area contributed by atoms with Gasteiger partial charge in [-0.2, -0.15) is 0 Å². The highest BCUT2D eigenvalue weighted by atomic mass is 79.9. The maximum atomic E-state index is 11.3. The van der Waals surface area contributed by atoms with Crippen molar-refractivity contribution in [2.75, 3.05) is 18.0 Å². The van der Waals surface area contributed by atoms with Crippen molar-refractivity contribution in [2.24, 2.45) is 11.7 Å². The number of anilines is 1. The van der Waals surface area contributed by atoms with E-state index in [0.717, 1.165) is 30.3 Å². The monoisotopic (exact) mass is 341 g/mol. The molecule has 2 rings (SSSR count). The Morgan fingerprint density at radius 3 is 2.85 bits per heavy atom. The molecule has 110 valence electrons. The van der Waals surface area contributed by atoms with Crippen molar-refractivity contribution in [1.29, 1.82) is 0 Å². The van der Waals surface area contributed by atoms with Gasteiger partial charge in [0.1, 0.15) is 5.69 Å². The van der Waals surface area contributed by atoms with Crippen molar-refractivity contribution in [2.45, 2.75) is 32.2 Å². The topological polar surface area (TPSA) is 72.4 Å². The Kier molecular flexibility index (Phi) is 4.99. The molecule has 1 aromatic carbocycles. The Morgan fingerprint density at radius 2 is 2.25 bits per heavy atom. The molecule has 1 fully saturated rings. The van der Waals surface area contributed by atoms with Crippen LogP contribution in [0.4, 0.5) is 11.4 Å². The van der Waals surface area contributed by atoms with Gasteiger partial charge >= 0.3 is 0 Å². The van der Waals surface area contributed by atoms with E-state index in [1.54, 1.807) is 12.1 Å². The summed E-state index contributed by atoms with van der Waals surface area (Å²) in [7, 11) is 0. The smallest absolute Gasteiger partial charge is 0.292 e. The number of hydrogen-bond acceptors (Lipinski definition) is 4. The summed E-state index contributed by atoms with van der Waals surface area (Å²) in [6, 6.07) is 5.42. The Balaban J connectivity index is 2.40. The lowest BCUT2D eigenvalue weighted by Gasteiger charge is -2.33. The quantitative estimate of drug-likeness (QED) is 0.658. The summed E-state index contributed by atoms with van der Waals surface area (Å²) in [6.07, 6.45) is 3.31. The van der Waals surface area contributed by atoms with Gasteiger partial charge < -0.3 is 10.6 Å². The standard InChI is InChI=1S/C14H20BrN3O2/c1-2-17(12-5-3-4-10(12)9-16)14-8-11(15)6-7-13(14)18(19)20/h6-8,10,12H,2-5,9,16H2,1H3. The predicted octanol–water partition coefficient (Wildman–Crippen LogP) is 3.31. The van der Waals surface area contributed by atoms with Gasteiger partial charge in [-0.25, -0.2) is 0 Å². The van der Waals surface area contributed by atoms with Crippen molar-refractivity contribution in [3.05, 3.63) is 32.8 Å². The van der Waals surface area contributed by atoms with E-state index in [1.165, 1.54) is 0 Å². The summed E-state index contributed by atoms with van der Waals surface area (Å²) in [5, 5.41) is 11.3. The normalized spacial score (nSPS) is 21.9. The van der Waals surface area contributed by atoms with E-state index in [-0.39, 0.29) is 10.6 Å². The van der Waals surface area contributed by atoms with E-state index in [1.807, 2.05) is 13.0 Å². The lowest BCUT2D eigenvalue weighted by molar-refractivity contribution is -0.384. The summed E-state index contributed by atoms with van der Waals surface area (Å²) in [6.45, 7) is 3.43. The van der Waals surface area contributed by atoms with Crippen LogP contribution in [0.2, 0.25) is 0 Å². The van der Waals surface area contributed by atoms with Crippen LogP contribution in [0.15, 0.2) is 22.7 Å². The fourth-order valence-electron chi connectivity index (χ4n) is 3.17. The predicted molar refractivity (Wildman–Crippen MR) is 84.0 cm³/mol. The zero-order valence-electron chi connectivity index (χ0n) is 11.6. The van der Waals surface area contributed by atoms with Gasteiger partial charge in [-0.05, 0) is 44.4 Å². The fourth-order valence-corrected chi connectivity index (χ4v) is 3.52. The second-order valence-electron chi connectivity index (χ2n) is 5.17. The maximum absolute atomic E-state index is 11.3. The molecule has 0 saturated heterocycles. The SMILES string of the molecule is CCN(c1cc(Br)ccc1[N+](=O)[O-])C1CCCC1CN. The van der Waals surface area contributed by atoms with Gasteiger partial charge in [0.05, 0.1) is 4.92 Å². The van der Waals surface area contributed by atoms with E-state index < -0.39 is 0 Å². The molecule has 2 atom stereocenters. The van der Waals surface area contributed by atoms with E-state index in [0.29, 0.717) is 24.2 Å². The first-order valence-corrected chi connectivity index (χ1v) is 7.78. The first kappa shape index (κ1) is 15.3. The molecule has 0 amide bonds. The molecular formula is C14H20BrN3O2. The van der Waals surface area contributed by atoms with Crippen LogP contribution >= 0.6 is 15.9 Å². The van der Waals surface area contributed by atoms with Crippen molar-refractivity contribution in [3.8, 4) is 0 Å². The second-order valence-corrected chi connectivity index (χ2v) is 6.09. The Hall–Kier alpha value is -1.14. The molecule has 0 bridgehead atoms. The van der Waals surface area contributed by atoms with Crippen molar-refractivity contribution < 1.29 is 4.92 Å². The van der Waals surface area contributed by atoms with Crippen LogP contribution in [0.5, 0.6) is 0 Å². The first-order chi connectivity index (χ1) is 9.58. The Labute approximate surface area is 127 Å². The maximum Gasteiger partial charge on any atom is 0.292 e. The molecule has 2 N–H and O–H groups in total. The van der Waals surface area contributed by atoms with Crippen LogP contribution in [0.1, 0.15) is 26.2 Å². The van der Waals surface area contributed by atoms with Gasteiger partial charge in [-0.3, -0.25) is 10.1 Å². The summed E-state index contributed by atoms with van der Waals surface area (Å²) < 4.78 is 0.860. The third kappa shape index (κ3) is 2.96. The number of hydrogen-bond donors (Lipinski definition) is 1. The van der Waals surface area contributed by atoms with Gasteiger partial charge in [-0.15, -0.1) is 0 Å². The van der Waals surface area contributed by atoms with Gasteiger partial charge in [0.25, 0.3) is 5.69 Å². The summed E-state index contributed by atoms with van der Waals surface area (Å²) >= 11 is 3.41. The largest absolute Gasteiger partial charge is 0.363 e. The van der Waals surface area contributed by atoms with Crippen molar-refractivity contribution >= 4 is 27.3 Å². The number of nitrogens with two attached hydrogens (primary N) is 1. The Bertz CT molecular complexity index is 495. The zero-order valence-corrected chi connectivity index (χ0v) is 13.2. The molecule has 0 aliphatic heterocycles. The van der Waals surface area contributed by atoms with Crippen LogP contribution in [-0.4, -0.2) is 24.1 Å². The van der Waals surface area contributed by atoms with Gasteiger partial charge in [0.2, 0.25) is 0 Å². The minimum absolute atomic E-state index is 0.165. The highest BCUT2D eigenvalue weighted by Crippen LogP contribution is 2.37. The number of rotatable bonds is 5. The van der Waals surface area contributed by atoms with Crippen molar-refractivity contribution in [3.63, 3.8) is 0 Å². The average Bonchev–Trinajstić information content (AvgIpc) is 2.87. The van der Waals surface area contributed by atoms with E-state index in [9.17, 15) is 10.1 Å². The zero-order chi connectivity index (χ0) is 14.7. The number of nitro benzene ring substituents is 1. The van der Waals surface area contributed by atoms with Crippen LogP contribution in [0.25, 0.3) is 0 Å². The molecule has 20 heavy (non-hydrogen) atoms. The molecule has 1 saturated carbocycles. The second kappa shape index (κ2) is 6.54. The highest BCUT2D eigenvalue weighted by Gasteiger charge is 2.33. The average molecular weight is 342 g/mol. The van der Waals surface area contributed by atoms with E-state index in [2.05, 4.69) is 20.8 Å². The summed E-state index contributed by atoms with van der Waals surface area (Å²) in [5.74, 6) is 0.425. The van der Waals surface area contributed by atoms with Crippen LogP contribution in [0.3, 0.4) is 0 Å². The highest BCUT2D eigenvalue weighted by molar-refractivity contribution is 9.10. The first-order valence-electron chi connectivity index (χ1n) is 6.99. The number of nitrogens with zero attached hydrogens (tertiary/aromatic N) is 2. The lowest BCUT2D eigenvalue weighted by atomic mass is 10.0. The molecule has 6 heteroatoms. The summed E-state index contributed by atoms with van der Waals surface area (Å²) in [5.41, 5.74) is 6.71. The van der Waals surface area contributed by atoms with Gasteiger partial charge in [0.15, 0.2) is 0 Å². The molecule has 0 heterocycles. The van der Waals surface area contributed by atoms with E-state index >= 15 is 0 Å². The molecule has 0 aromatic heterocycles. The molecule has 1 aliphatic carbocycles. The Morgan fingerprint density at radius 1 is 1.50 bits per heavy atom. The fraction of sp³-hybridized carbons (Fsp3) is 0.571. The molecular weight excluding hydrogens is 322 g/mol. The van der Waals surface area contributed by atoms with Gasteiger partial charge in [-0.1, -0.05) is 22.4 Å². The third-order valence-electron chi connectivity index (χ3n) is 4.11. The minimum Gasteiger partial charge on any atom is -0.363 e. The molecule has 5 nitrogen and oxygen atoms in total.